The summed E-state index contributed by atoms with van der Waals surface area (Å²) in [6, 6.07) is -2.01. The molecule has 0 spiro atoms. The first-order valence-electron chi connectivity index (χ1n) is 6.72. The van der Waals surface area contributed by atoms with Crippen LogP contribution in [0.4, 0.5) is 4.79 Å². The average Bonchev–Trinajstić information content (AvgIpc) is 2.67. The Bertz CT molecular complexity index is 431. The Morgan fingerprint density at radius 1 is 1.33 bits per heavy atom. The van der Waals surface area contributed by atoms with E-state index >= 15 is 0 Å². The Labute approximate surface area is 123 Å². The zero-order valence-corrected chi connectivity index (χ0v) is 12.6. The number of aliphatic hydroxyl groups is 1. The van der Waals surface area contributed by atoms with Crippen LogP contribution in [0.3, 0.4) is 0 Å². The molecule has 3 N–H and O–H groups in total. The van der Waals surface area contributed by atoms with Crippen molar-refractivity contribution in [3.63, 3.8) is 0 Å². The van der Waals surface area contributed by atoms with Crippen molar-refractivity contribution in [2.45, 2.75) is 57.9 Å². The minimum absolute atomic E-state index is 0.0137. The fraction of sp³-hybridized carbons (Fsp3) is 0.769. The van der Waals surface area contributed by atoms with Crippen molar-refractivity contribution in [1.29, 1.82) is 0 Å². The Morgan fingerprint density at radius 2 is 1.90 bits per heavy atom. The molecule has 1 aliphatic rings. The van der Waals surface area contributed by atoms with Crippen LogP contribution in [-0.4, -0.2) is 63.4 Å². The second kappa shape index (κ2) is 6.30. The number of carbonyl (C=O) groups excluding carboxylic acids is 2. The third-order valence-corrected chi connectivity index (χ3v) is 2.95. The van der Waals surface area contributed by atoms with Crippen LogP contribution in [0.1, 0.15) is 34.1 Å². The Kier molecular flexibility index (Phi) is 5.16. The van der Waals surface area contributed by atoms with Crippen molar-refractivity contribution in [2.24, 2.45) is 0 Å². The Hall–Kier alpha value is -1.83. The van der Waals surface area contributed by atoms with Crippen molar-refractivity contribution in [3.8, 4) is 0 Å². The molecule has 1 rings (SSSR count). The number of aliphatic carboxylic acids is 1. The second-order valence-electron chi connectivity index (χ2n) is 6.10. The fourth-order valence-corrected chi connectivity index (χ4v) is 2.09. The van der Waals surface area contributed by atoms with E-state index in [-0.39, 0.29) is 13.0 Å². The SMILES string of the molecule is CC(NC(=O)OC(C)(C)C)C(=O)N1CC(O)CC1C(=O)O. The number of carbonyl (C=O) groups is 3. The molecule has 1 heterocycles. The lowest BCUT2D eigenvalue weighted by Crippen LogP contribution is -2.51. The van der Waals surface area contributed by atoms with Gasteiger partial charge < -0.3 is 25.2 Å². The zero-order valence-electron chi connectivity index (χ0n) is 12.6. The molecule has 21 heavy (non-hydrogen) atoms. The van der Waals surface area contributed by atoms with Crippen molar-refractivity contribution >= 4 is 18.0 Å². The molecule has 2 amide bonds. The summed E-state index contributed by atoms with van der Waals surface area (Å²) in [4.78, 5) is 35.9. The van der Waals surface area contributed by atoms with Crippen LogP contribution in [-0.2, 0) is 14.3 Å². The van der Waals surface area contributed by atoms with Crippen LogP contribution in [0.2, 0.25) is 0 Å². The lowest BCUT2D eigenvalue weighted by molar-refractivity contribution is -0.148. The van der Waals surface area contributed by atoms with E-state index in [1.54, 1.807) is 20.8 Å². The molecule has 0 bridgehead atoms. The van der Waals surface area contributed by atoms with E-state index in [9.17, 15) is 19.5 Å². The van der Waals surface area contributed by atoms with E-state index in [2.05, 4.69) is 5.32 Å². The molecule has 3 atom stereocenters. The predicted octanol–water partition coefficient (Wildman–Crippen LogP) is -0.0540. The van der Waals surface area contributed by atoms with Gasteiger partial charge in [0.05, 0.1) is 6.10 Å². The highest BCUT2D eigenvalue weighted by molar-refractivity contribution is 5.89. The molecule has 8 nitrogen and oxygen atoms in total. The maximum atomic E-state index is 12.2. The van der Waals surface area contributed by atoms with Gasteiger partial charge in [0.1, 0.15) is 17.7 Å². The molecule has 1 saturated heterocycles. The number of aliphatic hydroxyl groups excluding tert-OH is 1. The van der Waals surface area contributed by atoms with E-state index in [0.717, 1.165) is 4.90 Å². The van der Waals surface area contributed by atoms with Crippen molar-refractivity contribution in [2.75, 3.05) is 6.54 Å². The maximum Gasteiger partial charge on any atom is 0.408 e. The van der Waals surface area contributed by atoms with Crippen molar-refractivity contribution < 1.29 is 29.3 Å². The highest BCUT2D eigenvalue weighted by Crippen LogP contribution is 2.19. The quantitative estimate of drug-likeness (QED) is 0.673. The molecule has 0 saturated carbocycles. The number of nitrogens with zero attached hydrogens (tertiary/aromatic N) is 1. The fourth-order valence-electron chi connectivity index (χ4n) is 2.09. The topological polar surface area (TPSA) is 116 Å². The minimum atomic E-state index is -1.18. The van der Waals surface area contributed by atoms with Crippen LogP contribution in [0.25, 0.3) is 0 Å². The van der Waals surface area contributed by atoms with Gasteiger partial charge in [0.15, 0.2) is 0 Å². The number of rotatable bonds is 3. The number of hydrogen-bond donors (Lipinski definition) is 3. The van der Waals surface area contributed by atoms with Crippen LogP contribution >= 0.6 is 0 Å². The summed E-state index contributed by atoms with van der Waals surface area (Å²) >= 11 is 0. The molecular formula is C13H22N2O6. The van der Waals surface area contributed by atoms with Gasteiger partial charge in [-0.1, -0.05) is 0 Å². The number of hydrogen-bond acceptors (Lipinski definition) is 5. The summed E-state index contributed by atoms with van der Waals surface area (Å²) in [6.07, 6.45) is -1.64. The Balaban J connectivity index is 2.65. The number of amides is 2. The van der Waals surface area contributed by atoms with Crippen LogP contribution in [0.15, 0.2) is 0 Å². The molecule has 120 valence electrons. The predicted molar refractivity (Wildman–Crippen MR) is 72.6 cm³/mol. The summed E-state index contributed by atoms with van der Waals surface area (Å²) in [7, 11) is 0. The number of carboxylic acid groups (broad SMARTS) is 1. The number of alkyl carbamates (subject to hydrolysis) is 1. The zero-order chi connectivity index (χ0) is 16.4. The molecule has 0 aliphatic carbocycles. The second-order valence-corrected chi connectivity index (χ2v) is 6.10. The molecule has 0 aromatic heterocycles. The van der Waals surface area contributed by atoms with Gasteiger partial charge in [-0.25, -0.2) is 9.59 Å². The Morgan fingerprint density at radius 3 is 2.38 bits per heavy atom. The van der Waals surface area contributed by atoms with Crippen molar-refractivity contribution in [1.82, 2.24) is 10.2 Å². The monoisotopic (exact) mass is 302 g/mol. The third kappa shape index (κ3) is 4.89. The molecule has 0 radical (unpaired) electrons. The molecule has 1 fully saturated rings. The van der Waals surface area contributed by atoms with Crippen LogP contribution in [0.5, 0.6) is 0 Å². The van der Waals surface area contributed by atoms with Crippen LogP contribution < -0.4 is 5.32 Å². The summed E-state index contributed by atoms with van der Waals surface area (Å²) in [5.41, 5.74) is -0.694. The molecule has 0 aromatic rings. The van der Waals surface area contributed by atoms with Gasteiger partial charge >= 0.3 is 12.1 Å². The first-order chi connectivity index (χ1) is 9.51. The van der Waals surface area contributed by atoms with Gasteiger partial charge in [-0.2, -0.15) is 0 Å². The number of β-amino-alcohol motifs (C(OH)–C–C–N with tert-alkyl or cyclic N) is 1. The normalized spacial score (nSPS) is 23.6. The first-order valence-corrected chi connectivity index (χ1v) is 6.72. The third-order valence-electron chi connectivity index (χ3n) is 2.95. The molecule has 8 heteroatoms. The van der Waals surface area contributed by atoms with E-state index in [4.69, 9.17) is 9.84 Å². The molecule has 0 aromatic carbocycles. The standard InChI is InChI=1S/C13H22N2O6/c1-7(14-12(20)21-13(2,3)4)10(17)15-6-8(16)5-9(15)11(18)19/h7-9,16H,5-6H2,1-4H3,(H,14,20)(H,18,19). The summed E-state index contributed by atoms with van der Waals surface area (Å²) < 4.78 is 5.03. The number of carboxylic acids is 1. The minimum Gasteiger partial charge on any atom is -0.480 e. The van der Waals surface area contributed by atoms with Gasteiger partial charge in [-0.3, -0.25) is 4.79 Å². The van der Waals surface area contributed by atoms with E-state index in [1.807, 2.05) is 0 Å². The van der Waals surface area contributed by atoms with Gasteiger partial charge in [-0.05, 0) is 27.7 Å². The summed E-state index contributed by atoms with van der Waals surface area (Å²) in [6.45, 7) is 6.45. The largest absolute Gasteiger partial charge is 0.480 e. The summed E-state index contributed by atoms with van der Waals surface area (Å²) in [5, 5.41) is 20.9. The lowest BCUT2D eigenvalue weighted by atomic mass is 10.2. The summed E-state index contributed by atoms with van der Waals surface area (Å²) in [5.74, 6) is -1.74. The highest BCUT2D eigenvalue weighted by atomic mass is 16.6. The first kappa shape index (κ1) is 17.2. The van der Waals surface area contributed by atoms with Gasteiger partial charge in [0.25, 0.3) is 0 Å². The van der Waals surface area contributed by atoms with Crippen LogP contribution in [0, 0.1) is 0 Å². The molecular weight excluding hydrogens is 280 g/mol. The smallest absolute Gasteiger partial charge is 0.408 e. The van der Waals surface area contributed by atoms with Gasteiger partial charge in [0, 0.05) is 13.0 Å². The van der Waals surface area contributed by atoms with E-state index in [1.165, 1.54) is 6.92 Å². The van der Waals surface area contributed by atoms with E-state index in [0.29, 0.717) is 0 Å². The van der Waals surface area contributed by atoms with Gasteiger partial charge in [-0.15, -0.1) is 0 Å². The lowest BCUT2D eigenvalue weighted by Gasteiger charge is -2.26. The highest BCUT2D eigenvalue weighted by Gasteiger charge is 2.40. The molecule has 3 unspecified atom stereocenters. The average molecular weight is 302 g/mol. The van der Waals surface area contributed by atoms with Gasteiger partial charge in [0.2, 0.25) is 5.91 Å². The maximum absolute atomic E-state index is 12.2. The van der Waals surface area contributed by atoms with Crippen molar-refractivity contribution in [3.05, 3.63) is 0 Å². The number of likely N-dealkylation sites (tertiary alicyclic amines) is 1. The number of nitrogens with one attached hydrogen (secondary N) is 1. The van der Waals surface area contributed by atoms with E-state index < -0.39 is 41.8 Å². The molecule has 1 aliphatic heterocycles. The number of ether oxygens (including phenoxy) is 1.